The number of aryl methyl sites for hydroxylation is 1. The smallest absolute Gasteiger partial charge is 0.336 e. The number of rotatable bonds is 2. The summed E-state index contributed by atoms with van der Waals surface area (Å²) >= 11 is 0. The summed E-state index contributed by atoms with van der Waals surface area (Å²) in [7, 11) is 0. The Morgan fingerprint density at radius 1 is 1.53 bits per heavy atom. The van der Waals surface area contributed by atoms with E-state index in [1.165, 1.54) is 17.8 Å². The molecular formula is C9H14N4O2. The van der Waals surface area contributed by atoms with Crippen LogP contribution in [0.4, 0.5) is 10.5 Å². The van der Waals surface area contributed by atoms with Crippen LogP contribution in [0.5, 0.6) is 0 Å². The van der Waals surface area contributed by atoms with Crippen LogP contribution in [0.15, 0.2) is 6.20 Å². The Kier molecular flexibility index (Phi) is 3.43. The van der Waals surface area contributed by atoms with E-state index in [4.69, 9.17) is 0 Å². The van der Waals surface area contributed by atoms with E-state index >= 15 is 0 Å². The van der Waals surface area contributed by atoms with Crippen LogP contribution in [0.25, 0.3) is 0 Å². The van der Waals surface area contributed by atoms with Gasteiger partial charge in [-0.2, -0.15) is 9.78 Å². The van der Waals surface area contributed by atoms with E-state index in [2.05, 4.69) is 15.7 Å². The van der Waals surface area contributed by atoms with Gasteiger partial charge in [0.1, 0.15) is 0 Å². The number of carbonyl (C=O) groups excluding carboxylic acids is 2. The van der Waals surface area contributed by atoms with E-state index in [-0.39, 0.29) is 11.9 Å². The molecule has 0 spiro atoms. The van der Waals surface area contributed by atoms with Gasteiger partial charge in [0.05, 0.1) is 17.6 Å². The fourth-order valence-electron chi connectivity index (χ4n) is 1.11. The van der Waals surface area contributed by atoms with Gasteiger partial charge in [-0.1, -0.05) is 0 Å². The number of carbonyl (C=O) groups is 2. The number of hydrogen-bond acceptors (Lipinski definition) is 3. The predicted octanol–water partition coefficient (Wildman–Crippen LogP) is 0.728. The highest BCUT2D eigenvalue weighted by atomic mass is 16.2. The van der Waals surface area contributed by atoms with Crippen molar-refractivity contribution in [2.24, 2.45) is 0 Å². The van der Waals surface area contributed by atoms with Crippen molar-refractivity contribution in [3.63, 3.8) is 0 Å². The number of aromatic nitrogens is 2. The summed E-state index contributed by atoms with van der Waals surface area (Å²) in [6.07, 6.45) is 1.49. The lowest BCUT2D eigenvalue weighted by molar-refractivity contribution is -0.114. The van der Waals surface area contributed by atoms with Crippen LogP contribution in [-0.2, 0) is 4.79 Å². The lowest BCUT2D eigenvalue weighted by Gasteiger charge is -1.99. The summed E-state index contributed by atoms with van der Waals surface area (Å²) in [5.74, 6) is -0.187. The van der Waals surface area contributed by atoms with Crippen molar-refractivity contribution in [1.29, 1.82) is 0 Å². The summed E-state index contributed by atoms with van der Waals surface area (Å²) in [5.41, 5.74) is 1.16. The summed E-state index contributed by atoms with van der Waals surface area (Å²) in [4.78, 5) is 22.2. The number of nitrogens with one attached hydrogen (secondary N) is 2. The van der Waals surface area contributed by atoms with Crippen molar-refractivity contribution in [3.05, 3.63) is 11.9 Å². The molecule has 6 heteroatoms. The minimum atomic E-state index is -0.308. The summed E-state index contributed by atoms with van der Waals surface area (Å²) in [5, 5.41) is 9.16. The molecule has 0 aliphatic carbocycles. The first-order valence-corrected chi connectivity index (χ1v) is 4.66. The van der Waals surface area contributed by atoms with Crippen LogP contribution < -0.4 is 10.6 Å². The van der Waals surface area contributed by atoms with Crippen LogP contribution in [0.3, 0.4) is 0 Å². The molecule has 15 heavy (non-hydrogen) atoms. The first kappa shape index (κ1) is 11.2. The molecule has 0 aromatic carbocycles. The molecule has 6 nitrogen and oxygen atoms in total. The van der Waals surface area contributed by atoms with Crippen LogP contribution in [0, 0.1) is 6.92 Å². The first-order valence-electron chi connectivity index (χ1n) is 4.66. The van der Waals surface area contributed by atoms with Crippen LogP contribution in [0.2, 0.25) is 0 Å². The zero-order valence-electron chi connectivity index (χ0n) is 9.00. The molecule has 0 atom stereocenters. The Labute approximate surface area is 87.7 Å². The van der Waals surface area contributed by atoms with Gasteiger partial charge >= 0.3 is 6.03 Å². The van der Waals surface area contributed by atoms with Crippen molar-refractivity contribution in [1.82, 2.24) is 15.1 Å². The highest BCUT2D eigenvalue weighted by Crippen LogP contribution is 2.11. The van der Waals surface area contributed by atoms with E-state index in [0.29, 0.717) is 17.9 Å². The SMILES string of the molecule is CCNC(=O)n1cc(NC(C)=O)c(C)n1. The third-order valence-corrected chi connectivity index (χ3v) is 1.75. The molecular weight excluding hydrogens is 196 g/mol. The average molecular weight is 210 g/mol. The molecule has 0 radical (unpaired) electrons. The maximum absolute atomic E-state index is 11.4. The Hall–Kier alpha value is -1.85. The van der Waals surface area contributed by atoms with Crippen LogP contribution >= 0.6 is 0 Å². The second-order valence-corrected chi connectivity index (χ2v) is 3.09. The van der Waals surface area contributed by atoms with Gasteiger partial charge in [-0.15, -0.1) is 0 Å². The standard InChI is InChI=1S/C9H14N4O2/c1-4-10-9(15)13-5-8(6(2)12-13)11-7(3)14/h5H,4H2,1-3H3,(H,10,15)(H,11,14). The van der Waals surface area contributed by atoms with Gasteiger partial charge < -0.3 is 10.6 Å². The Morgan fingerprint density at radius 2 is 2.20 bits per heavy atom. The van der Waals surface area contributed by atoms with Gasteiger partial charge in [0.25, 0.3) is 0 Å². The molecule has 1 aromatic heterocycles. The van der Waals surface area contributed by atoms with Crippen molar-refractivity contribution in [2.75, 3.05) is 11.9 Å². The molecule has 1 aromatic rings. The number of anilines is 1. The third kappa shape index (κ3) is 2.80. The monoisotopic (exact) mass is 210 g/mol. The largest absolute Gasteiger partial charge is 0.342 e. The van der Waals surface area contributed by atoms with Crippen LogP contribution in [0.1, 0.15) is 19.5 Å². The quantitative estimate of drug-likeness (QED) is 0.755. The maximum Gasteiger partial charge on any atom is 0.342 e. The molecule has 2 amide bonds. The minimum Gasteiger partial charge on any atom is -0.336 e. The zero-order valence-corrected chi connectivity index (χ0v) is 9.00. The second kappa shape index (κ2) is 4.59. The van der Waals surface area contributed by atoms with Crippen LogP contribution in [-0.4, -0.2) is 28.3 Å². The molecule has 0 saturated carbocycles. The molecule has 0 unspecified atom stereocenters. The van der Waals surface area contributed by atoms with Gasteiger partial charge in [0.2, 0.25) is 5.91 Å². The fourth-order valence-corrected chi connectivity index (χ4v) is 1.11. The van der Waals surface area contributed by atoms with E-state index in [9.17, 15) is 9.59 Å². The van der Waals surface area contributed by atoms with Gasteiger partial charge in [-0.05, 0) is 13.8 Å². The Bertz CT molecular complexity index is 383. The second-order valence-electron chi connectivity index (χ2n) is 3.09. The molecule has 0 bridgehead atoms. The number of hydrogen-bond donors (Lipinski definition) is 2. The van der Waals surface area contributed by atoms with Gasteiger partial charge in [-0.25, -0.2) is 4.79 Å². The third-order valence-electron chi connectivity index (χ3n) is 1.75. The highest BCUT2D eigenvalue weighted by molar-refractivity contribution is 5.89. The lowest BCUT2D eigenvalue weighted by atomic mass is 10.4. The normalized spacial score (nSPS) is 9.80. The summed E-state index contributed by atoms with van der Waals surface area (Å²) in [6.45, 7) is 5.49. The van der Waals surface area contributed by atoms with E-state index in [0.717, 1.165) is 0 Å². The van der Waals surface area contributed by atoms with Crippen molar-refractivity contribution in [2.45, 2.75) is 20.8 Å². The first-order chi connectivity index (χ1) is 7.04. The Balaban J connectivity index is 2.85. The summed E-state index contributed by atoms with van der Waals surface area (Å²) < 4.78 is 1.17. The molecule has 2 N–H and O–H groups in total. The lowest BCUT2D eigenvalue weighted by Crippen LogP contribution is -2.28. The van der Waals surface area contributed by atoms with Gasteiger partial charge in [-0.3, -0.25) is 4.79 Å². The molecule has 0 aliphatic rings. The summed E-state index contributed by atoms with van der Waals surface area (Å²) in [6, 6.07) is -0.308. The van der Waals surface area contributed by atoms with Crippen molar-refractivity contribution < 1.29 is 9.59 Å². The predicted molar refractivity (Wildman–Crippen MR) is 55.7 cm³/mol. The topological polar surface area (TPSA) is 76.0 Å². The molecule has 1 heterocycles. The molecule has 1 rings (SSSR count). The minimum absolute atomic E-state index is 0.187. The zero-order chi connectivity index (χ0) is 11.4. The highest BCUT2D eigenvalue weighted by Gasteiger charge is 2.10. The molecule has 0 aliphatic heterocycles. The molecule has 0 fully saturated rings. The van der Waals surface area contributed by atoms with Crippen molar-refractivity contribution in [3.8, 4) is 0 Å². The van der Waals surface area contributed by atoms with Gasteiger partial charge in [0, 0.05) is 13.5 Å². The number of nitrogens with zero attached hydrogens (tertiary/aromatic N) is 2. The maximum atomic E-state index is 11.4. The molecule has 82 valence electrons. The van der Waals surface area contributed by atoms with E-state index < -0.39 is 0 Å². The Morgan fingerprint density at radius 3 is 2.73 bits per heavy atom. The number of amides is 2. The fraction of sp³-hybridized carbons (Fsp3) is 0.444. The molecule has 0 saturated heterocycles. The van der Waals surface area contributed by atoms with Gasteiger partial charge in [0.15, 0.2) is 0 Å². The van der Waals surface area contributed by atoms with E-state index in [1.807, 2.05) is 6.92 Å². The average Bonchev–Trinajstić information content (AvgIpc) is 2.47. The van der Waals surface area contributed by atoms with E-state index in [1.54, 1.807) is 6.92 Å². The van der Waals surface area contributed by atoms with Crippen molar-refractivity contribution >= 4 is 17.6 Å².